The lowest BCUT2D eigenvalue weighted by Crippen LogP contribution is -2.22. The summed E-state index contributed by atoms with van der Waals surface area (Å²) in [5, 5.41) is 12.4. The van der Waals surface area contributed by atoms with Crippen molar-refractivity contribution in [3.63, 3.8) is 0 Å². The Bertz CT molecular complexity index is 946. The largest absolute Gasteiger partial charge is 0.459 e. The van der Waals surface area contributed by atoms with E-state index in [1.165, 1.54) is 12.3 Å². The van der Waals surface area contributed by atoms with E-state index in [0.29, 0.717) is 6.07 Å². The van der Waals surface area contributed by atoms with Crippen molar-refractivity contribution < 1.29 is 27.2 Å². The average Bonchev–Trinajstić information content (AvgIpc) is 3.32. The number of aromatic nitrogens is 2. The summed E-state index contributed by atoms with van der Waals surface area (Å²) < 4.78 is 36.5. The molecule has 0 unspecified atom stereocenters. The highest BCUT2D eigenvalue weighted by Gasteiger charge is 2.13. The lowest BCUT2D eigenvalue weighted by Gasteiger charge is -2.05. The molecule has 2 amide bonds. The van der Waals surface area contributed by atoms with Gasteiger partial charge in [-0.25, -0.2) is 8.78 Å². The third-order valence-corrected chi connectivity index (χ3v) is 3.94. The van der Waals surface area contributed by atoms with Gasteiger partial charge in [0.2, 0.25) is 11.8 Å². The van der Waals surface area contributed by atoms with Crippen LogP contribution in [0.3, 0.4) is 0 Å². The Morgan fingerprint density at radius 1 is 1.19 bits per heavy atom. The molecule has 0 aliphatic rings. The number of hydrogen-bond acceptors (Lipinski definition) is 7. The smallest absolute Gasteiger partial charge is 0.287 e. The van der Waals surface area contributed by atoms with E-state index in [9.17, 15) is 18.4 Å². The number of hydrogen-bond donors (Lipinski definition) is 2. The molecule has 1 aromatic carbocycles. The molecule has 0 fully saturated rings. The van der Waals surface area contributed by atoms with E-state index in [-0.39, 0.29) is 34.9 Å². The molecule has 8 nitrogen and oxygen atoms in total. The lowest BCUT2D eigenvalue weighted by molar-refractivity contribution is -0.113. The molecule has 2 heterocycles. The number of benzene rings is 1. The van der Waals surface area contributed by atoms with Crippen molar-refractivity contribution in [3.05, 3.63) is 59.9 Å². The van der Waals surface area contributed by atoms with E-state index in [0.717, 1.165) is 23.9 Å². The van der Waals surface area contributed by atoms with Crippen LogP contribution < -0.4 is 10.6 Å². The Morgan fingerprint density at radius 2 is 2.04 bits per heavy atom. The van der Waals surface area contributed by atoms with E-state index in [1.807, 2.05) is 0 Å². The second kappa shape index (κ2) is 8.45. The fourth-order valence-corrected chi connectivity index (χ4v) is 2.50. The molecule has 0 saturated heterocycles. The van der Waals surface area contributed by atoms with Crippen LogP contribution in [0, 0.1) is 11.6 Å². The van der Waals surface area contributed by atoms with Crippen molar-refractivity contribution in [1.29, 1.82) is 0 Å². The van der Waals surface area contributed by atoms with Crippen LogP contribution in [0.4, 0.5) is 14.5 Å². The summed E-state index contributed by atoms with van der Waals surface area (Å²) in [4.78, 5) is 23.5. The van der Waals surface area contributed by atoms with Crippen molar-refractivity contribution in [2.24, 2.45) is 0 Å². The van der Waals surface area contributed by atoms with Gasteiger partial charge in [0.15, 0.2) is 5.76 Å². The van der Waals surface area contributed by atoms with E-state index >= 15 is 0 Å². The molecule has 2 N–H and O–H groups in total. The molecule has 2 aromatic heterocycles. The van der Waals surface area contributed by atoms with Gasteiger partial charge in [0.25, 0.3) is 11.1 Å². The van der Waals surface area contributed by atoms with Crippen molar-refractivity contribution in [1.82, 2.24) is 15.5 Å². The number of nitrogens with one attached hydrogen (secondary N) is 2. The van der Waals surface area contributed by atoms with E-state index < -0.39 is 23.4 Å². The van der Waals surface area contributed by atoms with Gasteiger partial charge in [-0.05, 0) is 24.3 Å². The number of nitrogens with zero attached hydrogens (tertiary/aromatic N) is 2. The van der Waals surface area contributed by atoms with Crippen LogP contribution in [0.5, 0.6) is 0 Å². The van der Waals surface area contributed by atoms with Gasteiger partial charge in [0.1, 0.15) is 11.6 Å². The minimum absolute atomic E-state index is 0.0138. The molecule has 3 rings (SSSR count). The second-order valence-corrected chi connectivity index (χ2v) is 6.01. The predicted octanol–water partition coefficient (Wildman–Crippen LogP) is 2.60. The van der Waals surface area contributed by atoms with Gasteiger partial charge in [0, 0.05) is 6.07 Å². The Hall–Kier alpha value is -3.21. The first kappa shape index (κ1) is 18.6. The summed E-state index contributed by atoms with van der Waals surface area (Å²) >= 11 is 0.930. The SMILES string of the molecule is O=C(CSc1nnc(CNC(=O)c2ccco2)o1)Nc1ccc(F)cc1F. The van der Waals surface area contributed by atoms with Crippen LogP contribution in [0.2, 0.25) is 0 Å². The second-order valence-electron chi connectivity index (χ2n) is 5.08. The highest BCUT2D eigenvalue weighted by molar-refractivity contribution is 7.99. The summed E-state index contributed by atoms with van der Waals surface area (Å²) in [5.74, 6) is -2.42. The molecule has 0 aliphatic carbocycles. The summed E-state index contributed by atoms with van der Waals surface area (Å²) in [6.45, 7) is -0.0138. The zero-order chi connectivity index (χ0) is 19.2. The van der Waals surface area contributed by atoms with Gasteiger partial charge in [-0.2, -0.15) is 0 Å². The van der Waals surface area contributed by atoms with Crippen molar-refractivity contribution in [2.75, 3.05) is 11.1 Å². The van der Waals surface area contributed by atoms with Crippen molar-refractivity contribution >= 4 is 29.3 Å². The maximum atomic E-state index is 13.5. The number of furan rings is 1. The molecular formula is C16H12F2N4O4S. The Morgan fingerprint density at radius 3 is 2.78 bits per heavy atom. The van der Waals surface area contributed by atoms with Gasteiger partial charge < -0.3 is 19.5 Å². The maximum Gasteiger partial charge on any atom is 0.287 e. The normalized spacial score (nSPS) is 10.6. The number of thioether (sulfide) groups is 1. The minimum Gasteiger partial charge on any atom is -0.459 e. The monoisotopic (exact) mass is 394 g/mol. The fourth-order valence-electron chi connectivity index (χ4n) is 1.92. The molecule has 0 spiro atoms. The Kier molecular flexibility index (Phi) is 5.81. The first-order chi connectivity index (χ1) is 13.0. The average molecular weight is 394 g/mol. The predicted molar refractivity (Wildman–Crippen MR) is 89.9 cm³/mol. The van der Waals surface area contributed by atoms with Crippen LogP contribution in [-0.4, -0.2) is 27.8 Å². The molecular weight excluding hydrogens is 382 g/mol. The summed E-state index contributed by atoms with van der Waals surface area (Å²) in [6, 6.07) is 5.92. The maximum absolute atomic E-state index is 13.5. The molecule has 3 aromatic rings. The van der Waals surface area contributed by atoms with Crippen LogP contribution in [0.15, 0.2) is 50.7 Å². The van der Waals surface area contributed by atoms with Gasteiger partial charge in [-0.1, -0.05) is 11.8 Å². The number of carbonyl (C=O) groups excluding carboxylic acids is 2. The summed E-state index contributed by atoms with van der Waals surface area (Å²) in [7, 11) is 0. The van der Waals surface area contributed by atoms with Crippen molar-refractivity contribution in [2.45, 2.75) is 11.8 Å². The van der Waals surface area contributed by atoms with Crippen molar-refractivity contribution in [3.8, 4) is 0 Å². The van der Waals surface area contributed by atoms with Gasteiger partial charge >= 0.3 is 0 Å². The lowest BCUT2D eigenvalue weighted by atomic mass is 10.3. The van der Waals surface area contributed by atoms with E-state index in [4.69, 9.17) is 8.83 Å². The summed E-state index contributed by atoms with van der Waals surface area (Å²) in [6.07, 6.45) is 1.37. The third-order valence-electron chi connectivity index (χ3n) is 3.13. The molecule has 140 valence electrons. The number of carbonyl (C=O) groups is 2. The zero-order valence-corrected chi connectivity index (χ0v) is 14.4. The van der Waals surface area contributed by atoms with Crippen LogP contribution in [-0.2, 0) is 11.3 Å². The van der Waals surface area contributed by atoms with Gasteiger partial charge in [-0.3, -0.25) is 9.59 Å². The van der Waals surface area contributed by atoms with Crippen LogP contribution in [0.1, 0.15) is 16.4 Å². The van der Waals surface area contributed by atoms with Crippen LogP contribution in [0.25, 0.3) is 0 Å². The molecule has 27 heavy (non-hydrogen) atoms. The summed E-state index contributed by atoms with van der Waals surface area (Å²) in [5.41, 5.74) is -0.131. The van der Waals surface area contributed by atoms with Gasteiger partial charge in [-0.15, -0.1) is 10.2 Å². The highest BCUT2D eigenvalue weighted by Crippen LogP contribution is 2.18. The molecule has 0 aliphatic heterocycles. The number of anilines is 1. The number of rotatable bonds is 7. The number of halogens is 2. The fraction of sp³-hybridized carbons (Fsp3) is 0.125. The molecule has 11 heteroatoms. The highest BCUT2D eigenvalue weighted by atomic mass is 32.2. The van der Waals surface area contributed by atoms with Gasteiger partial charge in [0.05, 0.1) is 24.2 Å². The van der Waals surface area contributed by atoms with E-state index in [1.54, 1.807) is 6.07 Å². The molecule has 0 bridgehead atoms. The quantitative estimate of drug-likeness (QED) is 0.593. The van der Waals surface area contributed by atoms with Crippen LogP contribution >= 0.6 is 11.8 Å². The molecule has 0 saturated carbocycles. The number of amides is 2. The third kappa shape index (κ3) is 5.14. The topological polar surface area (TPSA) is 110 Å². The Labute approximate surface area is 155 Å². The standard InChI is InChI=1S/C16H12F2N4O4S/c17-9-3-4-11(10(18)6-9)20-13(23)8-27-16-22-21-14(26-16)7-19-15(24)12-2-1-5-25-12/h1-6H,7-8H2,(H,19,24)(H,20,23). The minimum atomic E-state index is -0.874. The first-order valence-electron chi connectivity index (χ1n) is 7.53. The van der Waals surface area contributed by atoms with E-state index in [2.05, 4.69) is 20.8 Å². The molecule has 0 radical (unpaired) electrons. The Balaban J connectivity index is 1.46. The molecule has 0 atom stereocenters. The zero-order valence-electron chi connectivity index (χ0n) is 13.6. The first-order valence-corrected chi connectivity index (χ1v) is 8.51.